The molecule has 0 aliphatic carbocycles. The van der Waals surface area contributed by atoms with Crippen LogP contribution in [0.25, 0.3) is 0 Å². The number of aromatic nitrogens is 1. The third-order valence-corrected chi connectivity index (χ3v) is 3.67. The number of nitrogens with zero attached hydrogens (tertiary/aromatic N) is 2. The molecule has 0 aromatic carbocycles. The zero-order valence-electron chi connectivity index (χ0n) is 10.9. The average Bonchev–Trinajstić information content (AvgIpc) is 2.40. The van der Waals surface area contributed by atoms with Crippen molar-refractivity contribution < 1.29 is 4.79 Å². The van der Waals surface area contributed by atoms with Gasteiger partial charge in [-0.2, -0.15) is 0 Å². The lowest BCUT2D eigenvalue weighted by Gasteiger charge is -2.32. The Hall–Kier alpha value is -1.58. The van der Waals surface area contributed by atoms with E-state index in [9.17, 15) is 4.79 Å². The van der Waals surface area contributed by atoms with E-state index in [1.165, 1.54) is 12.8 Å². The summed E-state index contributed by atoms with van der Waals surface area (Å²) in [6.07, 6.45) is 6.34. The Morgan fingerprint density at radius 1 is 1.50 bits per heavy atom. The Kier molecular flexibility index (Phi) is 4.18. The molecular formula is C14H21N3O. The molecule has 0 unspecified atom stereocenters. The molecule has 0 spiro atoms. The number of nitrogens with two attached hydrogens (primary N) is 1. The summed E-state index contributed by atoms with van der Waals surface area (Å²) in [6, 6.07) is 3.51. The maximum Gasteiger partial charge on any atom is 0.257 e. The smallest absolute Gasteiger partial charge is 0.257 e. The van der Waals surface area contributed by atoms with E-state index in [1.807, 2.05) is 4.90 Å². The number of rotatable bonds is 3. The Balaban J connectivity index is 1.98. The van der Waals surface area contributed by atoms with Gasteiger partial charge in [0.05, 0.1) is 5.56 Å². The molecule has 2 rings (SSSR count). The van der Waals surface area contributed by atoms with Gasteiger partial charge in [0.25, 0.3) is 5.91 Å². The van der Waals surface area contributed by atoms with Crippen molar-refractivity contribution in [3.8, 4) is 0 Å². The highest BCUT2D eigenvalue weighted by Crippen LogP contribution is 2.23. The normalized spacial score (nSPS) is 16.8. The molecular weight excluding hydrogens is 226 g/mol. The Morgan fingerprint density at radius 2 is 2.22 bits per heavy atom. The minimum absolute atomic E-state index is 0.0237. The predicted molar refractivity (Wildman–Crippen MR) is 72.2 cm³/mol. The van der Waals surface area contributed by atoms with Gasteiger partial charge < -0.3 is 10.6 Å². The fraction of sp³-hybridized carbons (Fsp3) is 0.571. The topological polar surface area (TPSA) is 59.2 Å². The first-order valence-corrected chi connectivity index (χ1v) is 6.72. The largest absolute Gasteiger partial charge is 0.383 e. The van der Waals surface area contributed by atoms with Crippen molar-refractivity contribution in [1.29, 1.82) is 0 Å². The van der Waals surface area contributed by atoms with Crippen LogP contribution in [-0.4, -0.2) is 28.9 Å². The summed E-state index contributed by atoms with van der Waals surface area (Å²) >= 11 is 0. The number of nitrogen functional groups attached to an aromatic ring is 1. The van der Waals surface area contributed by atoms with Gasteiger partial charge in [0.15, 0.2) is 0 Å². The van der Waals surface area contributed by atoms with Crippen LogP contribution in [-0.2, 0) is 0 Å². The monoisotopic (exact) mass is 247 g/mol. The van der Waals surface area contributed by atoms with E-state index in [2.05, 4.69) is 11.9 Å². The van der Waals surface area contributed by atoms with Gasteiger partial charge in [0, 0.05) is 19.3 Å². The second-order valence-corrected chi connectivity index (χ2v) is 4.96. The first kappa shape index (κ1) is 12.9. The Labute approximate surface area is 108 Å². The third kappa shape index (κ3) is 2.81. The van der Waals surface area contributed by atoms with E-state index in [1.54, 1.807) is 18.3 Å². The summed E-state index contributed by atoms with van der Waals surface area (Å²) in [5.74, 6) is 1.14. The van der Waals surface area contributed by atoms with Crippen molar-refractivity contribution >= 4 is 11.7 Å². The highest BCUT2D eigenvalue weighted by Gasteiger charge is 2.24. The van der Waals surface area contributed by atoms with Crippen LogP contribution < -0.4 is 5.73 Å². The fourth-order valence-corrected chi connectivity index (χ4v) is 2.60. The first-order chi connectivity index (χ1) is 8.72. The Bertz CT molecular complexity index is 411. The number of hydrogen-bond donors (Lipinski definition) is 1. The molecule has 1 aromatic heterocycles. The van der Waals surface area contributed by atoms with Gasteiger partial charge in [-0.3, -0.25) is 4.79 Å². The van der Waals surface area contributed by atoms with E-state index in [-0.39, 0.29) is 5.91 Å². The molecule has 0 bridgehead atoms. The molecule has 18 heavy (non-hydrogen) atoms. The van der Waals surface area contributed by atoms with Gasteiger partial charge in [0.1, 0.15) is 5.82 Å². The molecule has 98 valence electrons. The zero-order chi connectivity index (χ0) is 13.0. The van der Waals surface area contributed by atoms with Crippen molar-refractivity contribution in [1.82, 2.24) is 9.88 Å². The van der Waals surface area contributed by atoms with Crippen molar-refractivity contribution in [2.75, 3.05) is 18.8 Å². The summed E-state index contributed by atoms with van der Waals surface area (Å²) in [7, 11) is 0. The lowest BCUT2D eigenvalue weighted by atomic mass is 9.92. The number of pyridine rings is 1. The molecule has 0 atom stereocenters. The highest BCUT2D eigenvalue weighted by molar-refractivity contribution is 5.98. The number of likely N-dealkylation sites (tertiary alicyclic amines) is 1. The molecule has 4 nitrogen and oxygen atoms in total. The van der Waals surface area contributed by atoms with Gasteiger partial charge in [0.2, 0.25) is 0 Å². The maximum atomic E-state index is 12.3. The summed E-state index contributed by atoms with van der Waals surface area (Å²) < 4.78 is 0. The van der Waals surface area contributed by atoms with Gasteiger partial charge in [-0.1, -0.05) is 19.8 Å². The van der Waals surface area contributed by atoms with Crippen molar-refractivity contribution in [2.45, 2.75) is 32.6 Å². The van der Waals surface area contributed by atoms with Crippen molar-refractivity contribution in [3.05, 3.63) is 23.9 Å². The number of hydrogen-bond acceptors (Lipinski definition) is 3. The zero-order valence-corrected chi connectivity index (χ0v) is 10.9. The minimum atomic E-state index is 0.0237. The molecule has 1 aromatic rings. The van der Waals surface area contributed by atoms with Crippen LogP contribution >= 0.6 is 0 Å². The molecule has 0 radical (unpaired) electrons. The van der Waals surface area contributed by atoms with Gasteiger partial charge >= 0.3 is 0 Å². The van der Waals surface area contributed by atoms with Crippen LogP contribution in [0.2, 0.25) is 0 Å². The van der Waals surface area contributed by atoms with E-state index >= 15 is 0 Å². The highest BCUT2D eigenvalue weighted by atomic mass is 16.2. The van der Waals surface area contributed by atoms with Crippen LogP contribution in [0.3, 0.4) is 0 Å². The van der Waals surface area contributed by atoms with E-state index in [0.29, 0.717) is 11.4 Å². The molecule has 2 N–H and O–H groups in total. The SMILES string of the molecule is CCCC1CCN(C(=O)c2cccnc2N)CC1. The Morgan fingerprint density at radius 3 is 2.83 bits per heavy atom. The fourth-order valence-electron chi connectivity index (χ4n) is 2.60. The summed E-state index contributed by atoms with van der Waals surface area (Å²) in [4.78, 5) is 18.2. The third-order valence-electron chi connectivity index (χ3n) is 3.67. The first-order valence-electron chi connectivity index (χ1n) is 6.72. The predicted octanol–water partition coefficient (Wildman–Crippen LogP) is 2.32. The van der Waals surface area contributed by atoms with Crippen LogP contribution in [0, 0.1) is 5.92 Å². The van der Waals surface area contributed by atoms with Gasteiger partial charge in [-0.05, 0) is 30.9 Å². The summed E-state index contributed by atoms with van der Waals surface area (Å²) in [5, 5.41) is 0. The number of anilines is 1. The molecule has 2 heterocycles. The summed E-state index contributed by atoms with van der Waals surface area (Å²) in [6.45, 7) is 3.91. The summed E-state index contributed by atoms with van der Waals surface area (Å²) in [5.41, 5.74) is 6.28. The average molecular weight is 247 g/mol. The van der Waals surface area contributed by atoms with Crippen molar-refractivity contribution in [3.63, 3.8) is 0 Å². The van der Waals surface area contributed by atoms with Crippen LogP contribution in [0.15, 0.2) is 18.3 Å². The van der Waals surface area contributed by atoms with E-state index < -0.39 is 0 Å². The molecule has 1 fully saturated rings. The number of amides is 1. The molecule has 1 aliphatic heterocycles. The van der Waals surface area contributed by atoms with Crippen molar-refractivity contribution in [2.24, 2.45) is 5.92 Å². The minimum Gasteiger partial charge on any atom is -0.383 e. The number of piperidine rings is 1. The quantitative estimate of drug-likeness (QED) is 0.891. The number of carbonyl (C=O) groups is 1. The van der Waals surface area contributed by atoms with Gasteiger partial charge in [-0.15, -0.1) is 0 Å². The lowest BCUT2D eigenvalue weighted by Crippen LogP contribution is -2.38. The molecule has 1 aliphatic rings. The van der Waals surface area contributed by atoms with E-state index in [0.717, 1.165) is 31.8 Å². The standard InChI is InChI=1S/C14H21N3O/c1-2-4-11-6-9-17(10-7-11)14(18)12-5-3-8-16-13(12)15/h3,5,8,11H,2,4,6-7,9-10H2,1H3,(H2,15,16). The van der Waals surface area contributed by atoms with Gasteiger partial charge in [-0.25, -0.2) is 4.98 Å². The molecule has 4 heteroatoms. The van der Waals surface area contributed by atoms with Crippen LogP contribution in [0.4, 0.5) is 5.82 Å². The second-order valence-electron chi connectivity index (χ2n) is 4.96. The molecule has 0 saturated carbocycles. The molecule has 1 amide bonds. The van der Waals surface area contributed by atoms with E-state index in [4.69, 9.17) is 5.73 Å². The maximum absolute atomic E-state index is 12.3. The van der Waals surface area contributed by atoms with Crippen LogP contribution in [0.1, 0.15) is 43.0 Å². The second kappa shape index (κ2) is 5.85. The lowest BCUT2D eigenvalue weighted by molar-refractivity contribution is 0.0687. The van der Waals surface area contributed by atoms with Crippen LogP contribution in [0.5, 0.6) is 0 Å². The molecule has 1 saturated heterocycles. The number of carbonyl (C=O) groups excluding carboxylic acids is 1.